The molecule has 0 heterocycles. The standard InChI is InChI=1S/C12H19F2N5/c1-8(15)18-19(16)12(5-6-17-2)9-3-4-10(13)11(14)7-9/h3-4,7,12,17H,5-6,16H2,1-2H3,(H2,15,18). The van der Waals surface area contributed by atoms with E-state index in [1.165, 1.54) is 11.2 Å². The fourth-order valence-electron chi connectivity index (χ4n) is 1.70. The molecule has 1 unspecified atom stereocenters. The zero-order valence-corrected chi connectivity index (χ0v) is 11.0. The second-order valence-corrected chi connectivity index (χ2v) is 4.20. The van der Waals surface area contributed by atoms with Crippen LogP contribution in [0.25, 0.3) is 0 Å². The second kappa shape index (κ2) is 7.01. The van der Waals surface area contributed by atoms with Crippen LogP contribution in [0.3, 0.4) is 0 Å². The van der Waals surface area contributed by atoms with E-state index in [2.05, 4.69) is 10.4 Å². The Morgan fingerprint density at radius 2 is 2.11 bits per heavy atom. The second-order valence-electron chi connectivity index (χ2n) is 4.20. The smallest absolute Gasteiger partial charge is 0.159 e. The summed E-state index contributed by atoms with van der Waals surface area (Å²) in [6, 6.07) is 3.29. The van der Waals surface area contributed by atoms with Gasteiger partial charge in [-0.15, -0.1) is 5.10 Å². The first-order valence-corrected chi connectivity index (χ1v) is 5.90. The van der Waals surface area contributed by atoms with Crippen LogP contribution in [0.1, 0.15) is 24.9 Å². The van der Waals surface area contributed by atoms with Gasteiger partial charge < -0.3 is 11.1 Å². The lowest BCUT2D eigenvalue weighted by Gasteiger charge is -2.25. The Morgan fingerprint density at radius 3 is 2.63 bits per heavy atom. The highest BCUT2D eigenvalue weighted by molar-refractivity contribution is 5.77. The summed E-state index contributed by atoms with van der Waals surface area (Å²) in [6.45, 7) is 2.25. The van der Waals surface area contributed by atoms with Crippen LogP contribution < -0.4 is 16.9 Å². The van der Waals surface area contributed by atoms with Gasteiger partial charge in [0, 0.05) is 0 Å². The third-order valence-electron chi connectivity index (χ3n) is 2.59. The molecule has 0 spiro atoms. The molecule has 1 aromatic rings. The summed E-state index contributed by atoms with van der Waals surface area (Å²) in [5.41, 5.74) is 6.01. The highest BCUT2D eigenvalue weighted by atomic mass is 19.2. The lowest BCUT2D eigenvalue weighted by Crippen LogP contribution is -2.34. The van der Waals surface area contributed by atoms with Crippen LogP contribution in [-0.4, -0.2) is 24.5 Å². The van der Waals surface area contributed by atoms with Crippen molar-refractivity contribution in [3.05, 3.63) is 35.4 Å². The van der Waals surface area contributed by atoms with Crippen molar-refractivity contribution in [3.63, 3.8) is 0 Å². The number of nitrogens with one attached hydrogen (secondary N) is 1. The molecule has 0 bridgehead atoms. The number of benzene rings is 1. The number of hydrogen-bond acceptors (Lipinski definition) is 4. The maximum absolute atomic E-state index is 13.3. The summed E-state index contributed by atoms with van der Waals surface area (Å²) in [5.74, 6) is 4.29. The molecule has 0 amide bonds. The average Bonchev–Trinajstić information content (AvgIpc) is 2.33. The SMILES string of the molecule is CNCCC(c1ccc(F)c(F)c1)N(N)/N=C(/C)N. The highest BCUT2D eigenvalue weighted by Crippen LogP contribution is 2.23. The quantitative estimate of drug-likeness (QED) is 0.313. The Morgan fingerprint density at radius 1 is 1.42 bits per heavy atom. The van der Waals surface area contributed by atoms with Gasteiger partial charge in [-0.2, -0.15) is 0 Å². The minimum Gasteiger partial charge on any atom is -0.386 e. The van der Waals surface area contributed by atoms with E-state index in [1.54, 1.807) is 14.0 Å². The van der Waals surface area contributed by atoms with E-state index in [-0.39, 0.29) is 6.04 Å². The summed E-state index contributed by atoms with van der Waals surface area (Å²) in [7, 11) is 1.79. The van der Waals surface area contributed by atoms with Crippen molar-refractivity contribution in [2.75, 3.05) is 13.6 Å². The summed E-state index contributed by atoms with van der Waals surface area (Å²) in [5, 5.41) is 8.06. The van der Waals surface area contributed by atoms with Crippen LogP contribution in [0.4, 0.5) is 8.78 Å². The summed E-state index contributed by atoms with van der Waals surface area (Å²) < 4.78 is 26.2. The number of hydrazine groups is 1. The van der Waals surface area contributed by atoms with Gasteiger partial charge in [0.05, 0.1) is 6.04 Å². The molecular formula is C12H19F2N5. The molecule has 0 saturated heterocycles. The topological polar surface area (TPSA) is 79.7 Å². The maximum atomic E-state index is 13.3. The average molecular weight is 271 g/mol. The van der Waals surface area contributed by atoms with E-state index in [9.17, 15) is 8.78 Å². The molecule has 1 rings (SSSR count). The van der Waals surface area contributed by atoms with E-state index < -0.39 is 11.6 Å². The zero-order chi connectivity index (χ0) is 14.4. The normalized spacial score (nSPS) is 13.4. The maximum Gasteiger partial charge on any atom is 0.159 e. The number of hydrogen-bond donors (Lipinski definition) is 3. The van der Waals surface area contributed by atoms with Gasteiger partial charge in [0.2, 0.25) is 0 Å². The lowest BCUT2D eigenvalue weighted by molar-refractivity contribution is 0.199. The lowest BCUT2D eigenvalue weighted by atomic mass is 10.0. The van der Waals surface area contributed by atoms with E-state index in [0.717, 1.165) is 12.1 Å². The number of hydrazone groups is 1. The van der Waals surface area contributed by atoms with Crippen LogP contribution in [0.5, 0.6) is 0 Å². The number of nitrogens with zero attached hydrogens (tertiary/aromatic N) is 2. The van der Waals surface area contributed by atoms with Crippen LogP contribution in [0.2, 0.25) is 0 Å². The van der Waals surface area contributed by atoms with Crippen LogP contribution in [0.15, 0.2) is 23.3 Å². The van der Waals surface area contributed by atoms with Crippen molar-refractivity contribution < 1.29 is 8.78 Å². The first kappa shape index (κ1) is 15.3. The van der Waals surface area contributed by atoms with Gasteiger partial charge in [0.15, 0.2) is 11.6 Å². The minimum atomic E-state index is -0.909. The third-order valence-corrected chi connectivity index (χ3v) is 2.59. The molecule has 0 aliphatic carbocycles. The molecule has 19 heavy (non-hydrogen) atoms. The molecule has 106 valence electrons. The van der Waals surface area contributed by atoms with Gasteiger partial charge >= 0.3 is 0 Å². The van der Waals surface area contributed by atoms with Gasteiger partial charge in [0.1, 0.15) is 5.84 Å². The molecule has 7 heteroatoms. The Balaban J connectivity index is 3.01. The van der Waals surface area contributed by atoms with Gasteiger partial charge in [-0.05, 0) is 44.6 Å². The Hall–Kier alpha value is -1.73. The molecule has 0 aliphatic rings. The highest BCUT2D eigenvalue weighted by Gasteiger charge is 2.18. The molecule has 0 aromatic heterocycles. The summed E-state index contributed by atoms with van der Waals surface area (Å²) >= 11 is 0. The third kappa shape index (κ3) is 4.46. The molecule has 1 atom stereocenters. The number of rotatable bonds is 6. The van der Waals surface area contributed by atoms with Gasteiger partial charge in [-0.25, -0.2) is 19.7 Å². The minimum absolute atomic E-state index is 0.291. The van der Waals surface area contributed by atoms with Crippen molar-refractivity contribution in [2.45, 2.75) is 19.4 Å². The molecule has 0 saturated carbocycles. The Labute approximate surface area is 111 Å². The molecule has 0 radical (unpaired) electrons. The first-order chi connectivity index (χ1) is 8.95. The largest absolute Gasteiger partial charge is 0.386 e. The fourth-order valence-corrected chi connectivity index (χ4v) is 1.70. The van der Waals surface area contributed by atoms with Crippen LogP contribution in [0, 0.1) is 11.6 Å². The van der Waals surface area contributed by atoms with Gasteiger partial charge in [0.25, 0.3) is 0 Å². The van der Waals surface area contributed by atoms with Crippen molar-refractivity contribution in [3.8, 4) is 0 Å². The number of amidine groups is 1. The zero-order valence-electron chi connectivity index (χ0n) is 11.0. The molecule has 0 aliphatic heterocycles. The Kier molecular flexibility index (Phi) is 5.65. The van der Waals surface area contributed by atoms with Crippen molar-refractivity contribution in [1.29, 1.82) is 0 Å². The van der Waals surface area contributed by atoms with E-state index >= 15 is 0 Å². The summed E-state index contributed by atoms with van der Waals surface area (Å²) in [6.07, 6.45) is 0.578. The van der Waals surface area contributed by atoms with Crippen LogP contribution in [-0.2, 0) is 0 Å². The van der Waals surface area contributed by atoms with Crippen molar-refractivity contribution >= 4 is 5.84 Å². The van der Waals surface area contributed by atoms with E-state index in [0.29, 0.717) is 24.4 Å². The van der Waals surface area contributed by atoms with Crippen molar-refractivity contribution in [2.24, 2.45) is 16.7 Å². The number of halogens is 2. The molecule has 5 N–H and O–H groups in total. The monoisotopic (exact) mass is 271 g/mol. The van der Waals surface area contributed by atoms with Crippen molar-refractivity contribution in [1.82, 2.24) is 10.4 Å². The van der Waals surface area contributed by atoms with E-state index in [4.69, 9.17) is 11.6 Å². The van der Waals surface area contributed by atoms with Crippen LogP contribution >= 0.6 is 0 Å². The molecule has 5 nitrogen and oxygen atoms in total. The molecule has 0 fully saturated rings. The first-order valence-electron chi connectivity index (χ1n) is 5.90. The predicted molar refractivity (Wildman–Crippen MR) is 71.0 cm³/mol. The van der Waals surface area contributed by atoms with E-state index in [1.807, 2.05) is 0 Å². The predicted octanol–water partition coefficient (Wildman–Crippen LogP) is 1.08. The Bertz CT molecular complexity index is 446. The van der Waals surface area contributed by atoms with Gasteiger partial charge in [-0.3, -0.25) is 0 Å². The number of nitrogens with two attached hydrogens (primary N) is 2. The fraction of sp³-hybridized carbons (Fsp3) is 0.417. The molecular weight excluding hydrogens is 252 g/mol. The summed E-state index contributed by atoms with van der Waals surface area (Å²) in [4.78, 5) is 0. The molecule has 1 aromatic carbocycles. The van der Waals surface area contributed by atoms with Gasteiger partial charge in [-0.1, -0.05) is 6.07 Å².